The minimum Gasteiger partial charge on any atom is -0.133 e. The molecule has 18 heavy (non-hydrogen) atoms. The standard InChI is InChI=1S/C13H10BrCl3S/c1-7-9(6-13(14)18-7)11(16)4-8-2-3-10(15)12(17)5-8/h2-3,5-6,11H,4H2,1H3. The number of benzene rings is 1. The van der Waals surface area contributed by atoms with Crippen molar-refractivity contribution in [3.63, 3.8) is 0 Å². The maximum Gasteiger partial charge on any atom is 0.0704 e. The van der Waals surface area contributed by atoms with E-state index >= 15 is 0 Å². The van der Waals surface area contributed by atoms with Gasteiger partial charge in [-0.25, -0.2) is 0 Å². The van der Waals surface area contributed by atoms with Crippen molar-refractivity contribution >= 4 is 62.1 Å². The Hall–Kier alpha value is 0.270. The van der Waals surface area contributed by atoms with E-state index in [0.29, 0.717) is 10.0 Å². The molecule has 96 valence electrons. The van der Waals surface area contributed by atoms with E-state index in [1.807, 2.05) is 12.1 Å². The molecule has 1 aromatic carbocycles. The van der Waals surface area contributed by atoms with Crippen molar-refractivity contribution in [1.29, 1.82) is 0 Å². The summed E-state index contributed by atoms with van der Waals surface area (Å²) in [5.41, 5.74) is 2.26. The van der Waals surface area contributed by atoms with Gasteiger partial charge in [0.2, 0.25) is 0 Å². The lowest BCUT2D eigenvalue weighted by Gasteiger charge is -2.10. The first kappa shape index (κ1) is 14.7. The molecule has 5 heteroatoms. The van der Waals surface area contributed by atoms with Crippen LogP contribution in [0.5, 0.6) is 0 Å². The highest BCUT2D eigenvalue weighted by Crippen LogP contribution is 2.36. The minimum atomic E-state index is -0.0511. The van der Waals surface area contributed by atoms with Gasteiger partial charge < -0.3 is 0 Å². The zero-order valence-corrected chi connectivity index (χ0v) is 14.2. The van der Waals surface area contributed by atoms with E-state index in [0.717, 1.165) is 15.8 Å². The number of halogens is 4. The number of aryl methyl sites for hydroxylation is 1. The molecule has 1 atom stereocenters. The van der Waals surface area contributed by atoms with Crippen molar-refractivity contribution in [2.24, 2.45) is 0 Å². The summed E-state index contributed by atoms with van der Waals surface area (Å²) in [7, 11) is 0. The number of hydrogen-bond acceptors (Lipinski definition) is 1. The van der Waals surface area contributed by atoms with E-state index in [9.17, 15) is 0 Å². The van der Waals surface area contributed by atoms with E-state index in [1.54, 1.807) is 17.4 Å². The molecule has 1 unspecified atom stereocenters. The predicted molar refractivity (Wildman–Crippen MR) is 85.5 cm³/mol. The van der Waals surface area contributed by atoms with Crippen molar-refractivity contribution in [1.82, 2.24) is 0 Å². The number of thiophene rings is 1. The van der Waals surface area contributed by atoms with Gasteiger partial charge in [-0.3, -0.25) is 0 Å². The first-order chi connectivity index (χ1) is 8.47. The summed E-state index contributed by atoms with van der Waals surface area (Å²) in [5, 5.41) is 1.09. The van der Waals surface area contributed by atoms with Crippen molar-refractivity contribution in [2.45, 2.75) is 18.7 Å². The van der Waals surface area contributed by atoms with Gasteiger partial charge in [-0.2, -0.15) is 0 Å². The smallest absolute Gasteiger partial charge is 0.0704 e. The van der Waals surface area contributed by atoms with Crippen LogP contribution in [0.25, 0.3) is 0 Å². The number of hydrogen-bond donors (Lipinski definition) is 0. The van der Waals surface area contributed by atoms with Crippen LogP contribution in [0.2, 0.25) is 10.0 Å². The van der Waals surface area contributed by atoms with Crippen LogP contribution in [-0.4, -0.2) is 0 Å². The summed E-state index contributed by atoms with van der Waals surface area (Å²) in [6.45, 7) is 2.08. The van der Waals surface area contributed by atoms with Gasteiger partial charge in [0, 0.05) is 4.88 Å². The zero-order chi connectivity index (χ0) is 13.3. The molecule has 0 saturated carbocycles. The first-order valence-corrected chi connectivity index (χ1v) is 8.11. The Kier molecular flexibility index (Phi) is 5.01. The molecule has 0 radical (unpaired) electrons. The van der Waals surface area contributed by atoms with E-state index < -0.39 is 0 Å². The Morgan fingerprint density at radius 3 is 2.50 bits per heavy atom. The van der Waals surface area contributed by atoms with E-state index in [2.05, 4.69) is 28.9 Å². The average Bonchev–Trinajstić information content (AvgIpc) is 2.63. The van der Waals surface area contributed by atoms with Gasteiger partial charge in [0.1, 0.15) is 0 Å². The molecule has 0 fully saturated rings. The Morgan fingerprint density at radius 1 is 1.22 bits per heavy atom. The van der Waals surface area contributed by atoms with Crippen molar-refractivity contribution in [3.05, 3.63) is 54.1 Å². The molecular weight excluding hydrogens is 374 g/mol. The fourth-order valence-corrected chi connectivity index (χ4v) is 4.32. The van der Waals surface area contributed by atoms with Gasteiger partial charge in [-0.1, -0.05) is 29.3 Å². The van der Waals surface area contributed by atoms with Gasteiger partial charge in [-0.05, 0) is 58.6 Å². The monoisotopic (exact) mass is 382 g/mol. The third-order valence-corrected chi connectivity index (χ3v) is 5.36. The highest BCUT2D eigenvalue weighted by atomic mass is 79.9. The van der Waals surface area contributed by atoms with Crippen molar-refractivity contribution in [2.75, 3.05) is 0 Å². The van der Waals surface area contributed by atoms with Crippen LogP contribution < -0.4 is 0 Å². The second-order valence-corrected chi connectivity index (χ2v) is 7.96. The molecule has 2 aromatic rings. The van der Waals surface area contributed by atoms with Gasteiger partial charge in [0.15, 0.2) is 0 Å². The summed E-state index contributed by atoms with van der Waals surface area (Å²) < 4.78 is 1.11. The SMILES string of the molecule is Cc1sc(Br)cc1C(Cl)Cc1ccc(Cl)c(Cl)c1. The summed E-state index contributed by atoms with van der Waals surface area (Å²) in [5.74, 6) is 0. The van der Waals surface area contributed by atoms with Gasteiger partial charge in [0.25, 0.3) is 0 Å². The Balaban J connectivity index is 2.18. The molecule has 0 aliphatic carbocycles. The van der Waals surface area contributed by atoms with Gasteiger partial charge >= 0.3 is 0 Å². The van der Waals surface area contributed by atoms with Crippen molar-refractivity contribution in [3.8, 4) is 0 Å². The fourth-order valence-electron chi connectivity index (χ4n) is 1.75. The molecule has 0 amide bonds. The normalized spacial score (nSPS) is 12.7. The molecule has 0 spiro atoms. The van der Waals surface area contributed by atoms with Crippen LogP contribution in [-0.2, 0) is 6.42 Å². The topological polar surface area (TPSA) is 0 Å². The predicted octanol–water partition coefficient (Wildman–Crippen LogP) is 6.65. The Morgan fingerprint density at radius 2 is 1.94 bits per heavy atom. The highest BCUT2D eigenvalue weighted by molar-refractivity contribution is 9.11. The Labute approximate surface area is 134 Å². The zero-order valence-electron chi connectivity index (χ0n) is 9.51. The second-order valence-electron chi connectivity index (χ2n) is 3.98. The molecule has 0 aliphatic rings. The van der Waals surface area contributed by atoms with Crippen LogP contribution in [0, 0.1) is 6.92 Å². The molecule has 1 heterocycles. The van der Waals surface area contributed by atoms with Gasteiger partial charge in [0.05, 0.1) is 19.2 Å². The maximum atomic E-state index is 6.46. The molecule has 0 nitrogen and oxygen atoms in total. The molecule has 1 aromatic heterocycles. The summed E-state index contributed by atoms with van der Waals surface area (Å²) in [6.07, 6.45) is 0.739. The van der Waals surface area contributed by atoms with Crippen LogP contribution in [0.3, 0.4) is 0 Å². The third-order valence-electron chi connectivity index (χ3n) is 2.66. The summed E-state index contributed by atoms with van der Waals surface area (Å²) in [6, 6.07) is 7.71. The average molecular weight is 385 g/mol. The summed E-state index contributed by atoms with van der Waals surface area (Å²) in [4.78, 5) is 1.24. The van der Waals surface area contributed by atoms with Crippen LogP contribution in [0.1, 0.15) is 21.4 Å². The van der Waals surface area contributed by atoms with Gasteiger partial charge in [-0.15, -0.1) is 22.9 Å². The Bertz CT molecular complexity index is 565. The van der Waals surface area contributed by atoms with Crippen LogP contribution in [0.15, 0.2) is 28.1 Å². The molecule has 2 rings (SSSR count). The highest BCUT2D eigenvalue weighted by Gasteiger charge is 2.15. The summed E-state index contributed by atoms with van der Waals surface area (Å²) >= 11 is 23.5. The lowest BCUT2D eigenvalue weighted by molar-refractivity contribution is 0.917. The lowest BCUT2D eigenvalue weighted by atomic mass is 10.0. The maximum absolute atomic E-state index is 6.46. The molecule has 0 N–H and O–H groups in total. The third kappa shape index (κ3) is 3.43. The second kappa shape index (κ2) is 6.15. The fraction of sp³-hybridized carbons (Fsp3) is 0.231. The first-order valence-electron chi connectivity index (χ1n) is 5.31. The largest absolute Gasteiger partial charge is 0.133 e. The van der Waals surface area contributed by atoms with Crippen LogP contribution in [0.4, 0.5) is 0 Å². The molecule has 0 saturated heterocycles. The number of rotatable bonds is 3. The quantitative estimate of drug-likeness (QED) is 0.520. The van der Waals surface area contributed by atoms with Crippen LogP contribution >= 0.6 is 62.1 Å². The van der Waals surface area contributed by atoms with E-state index in [4.69, 9.17) is 34.8 Å². The van der Waals surface area contributed by atoms with Crippen molar-refractivity contribution < 1.29 is 0 Å². The molecular formula is C13H10BrCl3S. The molecule has 0 aliphatic heterocycles. The minimum absolute atomic E-state index is 0.0511. The van der Waals surface area contributed by atoms with E-state index in [-0.39, 0.29) is 5.38 Å². The number of alkyl halides is 1. The van der Waals surface area contributed by atoms with E-state index in [1.165, 1.54) is 10.4 Å². The molecule has 0 bridgehead atoms. The lowest BCUT2D eigenvalue weighted by Crippen LogP contribution is -1.96.